The van der Waals surface area contributed by atoms with E-state index in [2.05, 4.69) is 24.1 Å². The summed E-state index contributed by atoms with van der Waals surface area (Å²) in [6.07, 6.45) is 5.33. The fourth-order valence-electron chi connectivity index (χ4n) is 3.32. The predicted octanol–water partition coefficient (Wildman–Crippen LogP) is 1.19. The Labute approximate surface area is 99.8 Å². The molecule has 0 aromatic rings. The molecule has 0 aromatic heterocycles. The average molecular weight is 225 g/mol. The van der Waals surface area contributed by atoms with E-state index in [9.17, 15) is 0 Å². The molecular weight excluding hydrogens is 198 g/mol. The molecule has 0 aromatic carbocycles. The van der Waals surface area contributed by atoms with Gasteiger partial charge in [-0.05, 0) is 38.3 Å². The molecular formula is C13H27N3. The lowest BCUT2D eigenvalue weighted by Gasteiger charge is -2.41. The van der Waals surface area contributed by atoms with Crippen LogP contribution in [0, 0.1) is 5.92 Å². The summed E-state index contributed by atoms with van der Waals surface area (Å²) in [4.78, 5) is 2.66. The van der Waals surface area contributed by atoms with Crippen molar-refractivity contribution in [3.63, 3.8) is 0 Å². The van der Waals surface area contributed by atoms with E-state index in [1.807, 2.05) is 0 Å². The van der Waals surface area contributed by atoms with E-state index in [4.69, 9.17) is 5.73 Å². The Kier molecular flexibility index (Phi) is 3.88. The Hall–Kier alpha value is -0.120. The van der Waals surface area contributed by atoms with Crippen LogP contribution in [0.1, 0.15) is 39.5 Å². The monoisotopic (exact) mass is 225 g/mol. The van der Waals surface area contributed by atoms with E-state index in [0.717, 1.165) is 13.1 Å². The number of fused-ring (bicyclic) bond motifs is 1. The Balaban J connectivity index is 2.02. The third-order valence-corrected chi connectivity index (χ3v) is 4.32. The Morgan fingerprint density at radius 3 is 2.88 bits per heavy atom. The van der Waals surface area contributed by atoms with Crippen molar-refractivity contribution in [2.24, 2.45) is 11.7 Å². The molecule has 0 saturated carbocycles. The summed E-state index contributed by atoms with van der Waals surface area (Å²) in [5.74, 6) is 0.709. The molecule has 0 spiro atoms. The van der Waals surface area contributed by atoms with Crippen LogP contribution >= 0.6 is 0 Å². The normalized spacial score (nSPS) is 35.6. The second kappa shape index (κ2) is 5.03. The molecule has 16 heavy (non-hydrogen) atoms. The number of piperidine rings is 1. The number of nitrogens with zero attached hydrogens (tertiary/aromatic N) is 1. The molecule has 3 N–H and O–H groups in total. The third-order valence-electron chi connectivity index (χ3n) is 4.32. The lowest BCUT2D eigenvalue weighted by Crippen LogP contribution is -2.60. The molecule has 3 nitrogen and oxygen atoms in total. The standard InChI is InChI=1S/C13H27N3/c1-11(2)9-15-13(10-14)6-8-16-7-4-3-5-12(13)16/h11-12,15H,3-10,14H2,1-2H3. The first-order valence-electron chi connectivity index (χ1n) is 6.87. The van der Waals surface area contributed by atoms with Crippen LogP contribution in [-0.2, 0) is 0 Å². The Morgan fingerprint density at radius 2 is 2.19 bits per heavy atom. The Morgan fingerprint density at radius 1 is 1.38 bits per heavy atom. The fourth-order valence-corrected chi connectivity index (χ4v) is 3.32. The van der Waals surface area contributed by atoms with Gasteiger partial charge in [0.15, 0.2) is 0 Å². The lowest BCUT2D eigenvalue weighted by molar-refractivity contribution is 0.138. The van der Waals surface area contributed by atoms with Gasteiger partial charge in [-0.15, -0.1) is 0 Å². The maximum absolute atomic E-state index is 6.07. The van der Waals surface area contributed by atoms with Gasteiger partial charge in [-0.2, -0.15) is 0 Å². The molecule has 3 heteroatoms. The van der Waals surface area contributed by atoms with Crippen molar-refractivity contribution < 1.29 is 0 Å². The molecule has 2 unspecified atom stereocenters. The zero-order valence-corrected chi connectivity index (χ0v) is 10.8. The number of nitrogens with one attached hydrogen (secondary N) is 1. The van der Waals surface area contributed by atoms with Gasteiger partial charge < -0.3 is 11.1 Å². The molecule has 2 atom stereocenters. The van der Waals surface area contributed by atoms with Crippen molar-refractivity contribution in [1.82, 2.24) is 10.2 Å². The largest absolute Gasteiger partial charge is 0.329 e. The highest BCUT2D eigenvalue weighted by Crippen LogP contribution is 2.34. The topological polar surface area (TPSA) is 41.3 Å². The number of nitrogens with two attached hydrogens (primary N) is 1. The molecule has 0 bridgehead atoms. The summed E-state index contributed by atoms with van der Waals surface area (Å²) in [6, 6.07) is 0.699. The van der Waals surface area contributed by atoms with Gasteiger partial charge in [0.2, 0.25) is 0 Å². The average Bonchev–Trinajstić information content (AvgIpc) is 2.66. The summed E-state index contributed by atoms with van der Waals surface area (Å²) in [7, 11) is 0. The van der Waals surface area contributed by atoms with Crippen LogP contribution in [0.15, 0.2) is 0 Å². The molecule has 2 saturated heterocycles. The van der Waals surface area contributed by atoms with Gasteiger partial charge in [0, 0.05) is 24.7 Å². The van der Waals surface area contributed by atoms with E-state index in [1.54, 1.807) is 0 Å². The first-order valence-corrected chi connectivity index (χ1v) is 6.87. The second-order valence-electron chi connectivity index (χ2n) is 5.93. The van der Waals surface area contributed by atoms with Crippen LogP contribution in [0.3, 0.4) is 0 Å². The summed E-state index contributed by atoms with van der Waals surface area (Å²) in [5, 5.41) is 3.78. The van der Waals surface area contributed by atoms with Crippen LogP contribution in [0.4, 0.5) is 0 Å². The minimum Gasteiger partial charge on any atom is -0.329 e. The second-order valence-corrected chi connectivity index (χ2v) is 5.93. The first kappa shape index (κ1) is 12.3. The maximum Gasteiger partial charge on any atom is 0.0473 e. The number of hydrogen-bond acceptors (Lipinski definition) is 3. The molecule has 2 aliphatic heterocycles. The highest BCUT2D eigenvalue weighted by atomic mass is 15.3. The van der Waals surface area contributed by atoms with Crippen LogP contribution in [0.25, 0.3) is 0 Å². The Bertz CT molecular complexity index is 229. The van der Waals surface area contributed by atoms with Gasteiger partial charge in [0.05, 0.1) is 0 Å². The predicted molar refractivity (Wildman–Crippen MR) is 68.5 cm³/mol. The molecule has 0 aliphatic carbocycles. The van der Waals surface area contributed by atoms with Crippen molar-refractivity contribution in [1.29, 1.82) is 0 Å². The van der Waals surface area contributed by atoms with Crippen LogP contribution in [0.5, 0.6) is 0 Å². The van der Waals surface area contributed by atoms with Gasteiger partial charge in [-0.25, -0.2) is 0 Å². The molecule has 2 aliphatic rings. The minimum atomic E-state index is 0.213. The van der Waals surface area contributed by atoms with E-state index in [-0.39, 0.29) is 5.54 Å². The molecule has 0 radical (unpaired) electrons. The molecule has 2 heterocycles. The zero-order chi connectivity index (χ0) is 11.6. The molecule has 94 valence electrons. The SMILES string of the molecule is CC(C)CNC1(CN)CCN2CCCCC21. The minimum absolute atomic E-state index is 0.213. The zero-order valence-electron chi connectivity index (χ0n) is 10.8. The van der Waals surface area contributed by atoms with Gasteiger partial charge in [-0.3, -0.25) is 4.90 Å². The highest BCUT2D eigenvalue weighted by molar-refractivity contribution is 5.07. The van der Waals surface area contributed by atoms with E-state index >= 15 is 0 Å². The van der Waals surface area contributed by atoms with Gasteiger partial charge in [0.1, 0.15) is 0 Å². The van der Waals surface area contributed by atoms with Crippen LogP contribution < -0.4 is 11.1 Å². The summed E-state index contributed by atoms with van der Waals surface area (Å²) in [5.41, 5.74) is 6.29. The fraction of sp³-hybridized carbons (Fsp3) is 1.00. The molecule has 0 amide bonds. The van der Waals surface area contributed by atoms with Crippen LogP contribution in [0.2, 0.25) is 0 Å². The maximum atomic E-state index is 6.07. The van der Waals surface area contributed by atoms with Crippen molar-refractivity contribution in [2.45, 2.75) is 51.1 Å². The summed E-state index contributed by atoms with van der Waals surface area (Å²) < 4.78 is 0. The third kappa shape index (κ3) is 2.27. The molecule has 2 fully saturated rings. The van der Waals surface area contributed by atoms with E-state index in [0.29, 0.717) is 12.0 Å². The smallest absolute Gasteiger partial charge is 0.0473 e. The van der Waals surface area contributed by atoms with E-state index < -0.39 is 0 Å². The first-order chi connectivity index (χ1) is 7.68. The quantitative estimate of drug-likeness (QED) is 0.755. The van der Waals surface area contributed by atoms with Gasteiger partial charge >= 0.3 is 0 Å². The lowest BCUT2D eigenvalue weighted by atomic mass is 9.85. The van der Waals surface area contributed by atoms with Crippen molar-refractivity contribution in [3.8, 4) is 0 Å². The van der Waals surface area contributed by atoms with Gasteiger partial charge in [-0.1, -0.05) is 20.3 Å². The number of hydrogen-bond donors (Lipinski definition) is 2. The summed E-state index contributed by atoms with van der Waals surface area (Å²) in [6.45, 7) is 8.96. The molecule has 2 rings (SSSR count). The highest BCUT2D eigenvalue weighted by Gasteiger charge is 2.46. The summed E-state index contributed by atoms with van der Waals surface area (Å²) >= 11 is 0. The van der Waals surface area contributed by atoms with E-state index in [1.165, 1.54) is 38.8 Å². The van der Waals surface area contributed by atoms with Crippen molar-refractivity contribution >= 4 is 0 Å². The van der Waals surface area contributed by atoms with Gasteiger partial charge in [0.25, 0.3) is 0 Å². The number of rotatable bonds is 4. The van der Waals surface area contributed by atoms with Crippen LogP contribution in [-0.4, -0.2) is 42.7 Å². The van der Waals surface area contributed by atoms with Crippen molar-refractivity contribution in [2.75, 3.05) is 26.2 Å². The van der Waals surface area contributed by atoms with Crippen molar-refractivity contribution in [3.05, 3.63) is 0 Å².